The zero-order valence-corrected chi connectivity index (χ0v) is 10.4. The van der Waals surface area contributed by atoms with E-state index in [-0.39, 0.29) is 0 Å². The van der Waals surface area contributed by atoms with Gasteiger partial charge in [-0.15, -0.1) is 0 Å². The lowest BCUT2D eigenvalue weighted by Crippen LogP contribution is -2.37. The van der Waals surface area contributed by atoms with E-state index in [0.717, 1.165) is 6.54 Å². The Balaban J connectivity index is 1.67. The first-order valence-corrected chi connectivity index (χ1v) is 6.85. The molecule has 15 heavy (non-hydrogen) atoms. The highest BCUT2D eigenvalue weighted by Gasteiger charge is 2.21. The van der Waals surface area contributed by atoms with Crippen molar-refractivity contribution in [1.29, 1.82) is 0 Å². The first-order valence-electron chi connectivity index (χ1n) is 6.51. The van der Waals surface area contributed by atoms with Crippen LogP contribution in [0.15, 0.2) is 0 Å². The fourth-order valence-electron chi connectivity index (χ4n) is 2.76. The molecule has 0 aromatic carbocycles. The molecule has 0 saturated carbocycles. The third kappa shape index (κ3) is 3.61. The van der Waals surface area contributed by atoms with E-state index < -0.39 is 0 Å². The van der Waals surface area contributed by atoms with Gasteiger partial charge in [0.1, 0.15) is 0 Å². The number of hydrogen-bond donors (Lipinski definition) is 0. The van der Waals surface area contributed by atoms with Crippen molar-refractivity contribution in [2.24, 2.45) is 0 Å². The van der Waals surface area contributed by atoms with Crippen LogP contribution in [-0.4, -0.2) is 41.5 Å². The first-order chi connectivity index (χ1) is 7.36. The van der Waals surface area contributed by atoms with Crippen LogP contribution in [0.25, 0.3) is 0 Å². The molecule has 0 bridgehead atoms. The van der Waals surface area contributed by atoms with Crippen molar-refractivity contribution >= 4 is 11.8 Å². The molecule has 0 radical (unpaired) electrons. The van der Waals surface area contributed by atoms with E-state index in [9.17, 15) is 0 Å². The minimum absolute atomic E-state index is 0.641. The maximum Gasteiger partial charge on any atom is 0.0263 e. The molecule has 2 aliphatic heterocycles. The SMILES string of the molecule is ClN1CCCCC1CCN1CCCCC1. The second-order valence-corrected chi connectivity index (χ2v) is 5.40. The summed E-state index contributed by atoms with van der Waals surface area (Å²) in [5.74, 6) is 0. The molecular formula is C12H23ClN2. The number of likely N-dealkylation sites (tertiary alicyclic amines) is 1. The Morgan fingerprint density at radius 3 is 2.40 bits per heavy atom. The molecule has 2 rings (SSSR count). The molecule has 3 heteroatoms. The minimum Gasteiger partial charge on any atom is -0.303 e. The second-order valence-electron chi connectivity index (χ2n) is 4.96. The first kappa shape index (κ1) is 11.7. The monoisotopic (exact) mass is 230 g/mol. The van der Waals surface area contributed by atoms with E-state index in [1.807, 2.05) is 4.42 Å². The summed E-state index contributed by atoms with van der Waals surface area (Å²) in [5, 5.41) is 0. The highest BCUT2D eigenvalue weighted by atomic mass is 35.5. The number of halogens is 1. The van der Waals surface area contributed by atoms with Gasteiger partial charge in [-0.1, -0.05) is 12.8 Å². The highest BCUT2D eigenvalue weighted by Crippen LogP contribution is 2.22. The van der Waals surface area contributed by atoms with Crippen LogP contribution in [0, 0.1) is 0 Å². The molecule has 2 aliphatic rings. The van der Waals surface area contributed by atoms with Gasteiger partial charge in [0.05, 0.1) is 0 Å². The van der Waals surface area contributed by atoms with Crippen LogP contribution >= 0.6 is 11.8 Å². The Morgan fingerprint density at radius 1 is 0.933 bits per heavy atom. The zero-order valence-electron chi connectivity index (χ0n) is 9.63. The molecule has 2 saturated heterocycles. The molecule has 1 unspecified atom stereocenters. The summed E-state index contributed by atoms with van der Waals surface area (Å²) in [5.41, 5.74) is 0. The average Bonchev–Trinajstić information content (AvgIpc) is 2.29. The molecule has 1 atom stereocenters. The summed E-state index contributed by atoms with van der Waals surface area (Å²) in [7, 11) is 0. The van der Waals surface area contributed by atoms with Crippen LogP contribution in [0.4, 0.5) is 0 Å². The summed E-state index contributed by atoms with van der Waals surface area (Å²) in [6, 6.07) is 0.641. The van der Waals surface area contributed by atoms with Crippen LogP contribution in [0.3, 0.4) is 0 Å². The van der Waals surface area contributed by atoms with Crippen molar-refractivity contribution in [2.45, 2.75) is 51.0 Å². The third-order valence-electron chi connectivity index (χ3n) is 3.78. The van der Waals surface area contributed by atoms with Crippen LogP contribution in [-0.2, 0) is 0 Å². The van der Waals surface area contributed by atoms with Gasteiger partial charge in [-0.3, -0.25) is 0 Å². The molecule has 2 nitrogen and oxygen atoms in total. The highest BCUT2D eigenvalue weighted by molar-refractivity contribution is 6.13. The maximum absolute atomic E-state index is 6.22. The minimum atomic E-state index is 0.641. The van der Waals surface area contributed by atoms with Crippen LogP contribution < -0.4 is 0 Å². The fourth-order valence-corrected chi connectivity index (χ4v) is 3.08. The van der Waals surface area contributed by atoms with Gasteiger partial charge >= 0.3 is 0 Å². The Morgan fingerprint density at radius 2 is 1.67 bits per heavy atom. The molecule has 0 N–H and O–H groups in total. The Bertz CT molecular complexity index is 180. The van der Waals surface area contributed by atoms with Crippen LogP contribution in [0.2, 0.25) is 0 Å². The van der Waals surface area contributed by atoms with E-state index in [0.29, 0.717) is 6.04 Å². The van der Waals surface area contributed by atoms with Crippen molar-refractivity contribution < 1.29 is 0 Å². The molecule has 0 amide bonds. The van der Waals surface area contributed by atoms with E-state index >= 15 is 0 Å². The largest absolute Gasteiger partial charge is 0.303 e. The van der Waals surface area contributed by atoms with Gasteiger partial charge in [0.2, 0.25) is 0 Å². The molecule has 0 aromatic heterocycles. The molecule has 88 valence electrons. The smallest absolute Gasteiger partial charge is 0.0263 e. The third-order valence-corrected chi connectivity index (χ3v) is 4.23. The normalized spacial score (nSPS) is 30.6. The number of piperidine rings is 2. The van der Waals surface area contributed by atoms with Gasteiger partial charge in [-0.2, -0.15) is 0 Å². The molecule has 2 fully saturated rings. The molecule has 0 aliphatic carbocycles. The van der Waals surface area contributed by atoms with Gasteiger partial charge < -0.3 is 4.90 Å². The lowest BCUT2D eigenvalue weighted by molar-refractivity contribution is 0.183. The van der Waals surface area contributed by atoms with E-state index in [1.54, 1.807) is 0 Å². The molecule has 2 heterocycles. The van der Waals surface area contributed by atoms with Gasteiger partial charge in [-0.25, -0.2) is 4.42 Å². The Hall–Kier alpha value is 0.210. The van der Waals surface area contributed by atoms with Crippen molar-refractivity contribution in [3.8, 4) is 0 Å². The van der Waals surface area contributed by atoms with Crippen LogP contribution in [0.5, 0.6) is 0 Å². The number of nitrogens with zero attached hydrogens (tertiary/aromatic N) is 2. The van der Waals surface area contributed by atoms with Crippen LogP contribution in [0.1, 0.15) is 44.9 Å². The van der Waals surface area contributed by atoms with Crippen molar-refractivity contribution in [1.82, 2.24) is 9.32 Å². The summed E-state index contributed by atoms with van der Waals surface area (Å²) in [4.78, 5) is 2.61. The van der Waals surface area contributed by atoms with E-state index in [2.05, 4.69) is 4.90 Å². The summed E-state index contributed by atoms with van der Waals surface area (Å²) < 4.78 is 2.05. The number of rotatable bonds is 3. The Kier molecular flexibility index (Phi) is 4.73. The van der Waals surface area contributed by atoms with Gasteiger partial charge in [0, 0.05) is 12.6 Å². The topological polar surface area (TPSA) is 6.48 Å². The molecule has 0 spiro atoms. The van der Waals surface area contributed by atoms with Crippen molar-refractivity contribution in [3.63, 3.8) is 0 Å². The van der Waals surface area contributed by atoms with Crippen molar-refractivity contribution in [2.75, 3.05) is 26.2 Å². The second kappa shape index (κ2) is 6.07. The van der Waals surface area contributed by atoms with Crippen molar-refractivity contribution in [3.05, 3.63) is 0 Å². The quantitative estimate of drug-likeness (QED) is 0.688. The number of hydrogen-bond acceptors (Lipinski definition) is 2. The summed E-state index contributed by atoms with van der Waals surface area (Å²) in [6.45, 7) is 4.98. The average molecular weight is 231 g/mol. The maximum atomic E-state index is 6.22. The summed E-state index contributed by atoms with van der Waals surface area (Å²) in [6.07, 6.45) is 9.45. The lowest BCUT2D eigenvalue weighted by Gasteiger charge is -2.33. The van der Waals surface area contributed by atoms with Gasteiger partial charge in [-0.05, 0) is 63.5 Å². The zero-order chi connectivity index (χ0) is 10.5. The van der Waals surface area contributed by atoms with E-state index in [4.69, 9.17) is 11.8 Å². The fraction of sp³-hybridized carbons (Fsp3) is 1.00. The van der Waals surface area contributed by atoms with Gasteiger partial charge in [0.25, 0.3) is 0 Å². The molecule has 0 aromatic rings. The van der Waals surface area contributed by atoms with Gasteiger partial charge in [0.15, 0.2) is 0 Å². The lowest BCUT2D eigenvalue weighted by atomic mass is 10.0. The Labute approximate surface area is 98.7 Å². The predicted molar refractivity (Wildman–Crippen MR) is 65.1 cm³/mol. The standard InChI is InChI=1S/C12H23ClN2/c13-15-10-5-2-6-12(15)7-11-14-8-3-1-4-9-14/h12H,1-11H2. The van der Waals surface area contributed by atoms with E-state index in [1.165, 1.54) is 64.6 Å². The predicted octanol–water partition coefficient (Wildman–Crippen LogP) is 2.87. The molecular weight excluding hydrogens is 208 g/mol. The summed E-state index contributed by atoms with van der Waals surface area (Å²) >= 11 is 6.22.